The predicted octanol–water partition coefficient (Wildman–Crippen LogP) is 2.54. The van der Waals surface area contributed by atoms with Crippen molar-refractivity contribution in [2.45, 2.75) is 46.2 Å². The Morgan fingerprint density at radius 3 is 2.50 bits per heavy atom. The standard InChI is InChI=1S/C14H26N4OS/c1-9(7-8-20-6)15-14(19)16-10(2)13-11(3)17-18(5)12(13)4/h9-10H,7-8H2,1-6H3,(H2,15,16,19)/t9-,10-/m0/s1. The molecule has 114 valence electrons. The minimum Gasteiger partial charge on any atom is -0.336 e. The van der Waals surface area contributed by atoms with Crippen molar-refractivity contribution in [1.29, 1.82) is 0 Å². The molecule has 1 heterocycles. The molecule has 2 atom stereocenters. The Kier molecular flexibility index (Phi) is 6.39. The molecule has 0 saturated carbocycles. The van der Waals surface area contributed by atoms with Crippen LogP contribution in [0.15, 0.2) is 0 Å². The van der Waals surface area contributed by atoms with Gasteiger partial charge in [-0.1, -0.05) is 0 Å². The number of aryl methyl sites for hydroxylation is 2. The van der Waals surface area contributed by atoms with Crippen molar-refractivity contribution in [3.63, 3.8) is 0 Å². The summed E-state index contributed by atoms with van der Waals surface area (Å²) in [6.07, 6.45) is 3.05. The molecule has 1 rings (SSSR count). The molecule has 1 aromatic heterocycles. The van der Waals surface area contributed by atoms with Gasteiger partial charge in [0.05, 0.1) is 11.7 Å². The molecule has 0 bridgehead atoms. The van der Waals surface area contributed by atoms with Gasteiger partial charge < -0.3 is 10.6 Å². The van der Waals surface area contributed by atoms with Gasteiger partial charge in [0, 0.05) is 24.3 Å². The van der Waals surface area contributed by atoms with Crippen LogP contribution in [0, 0.1) is 13.8 Å². The lowest BCUT2D eigenvalue weighted by atomic mass is 10.1. The van der Waals surface area contributed by atoms with Crippen LogP contribution in [0.25, 0.3) is 0 Å². The topological polar surface area (TPSA) is 59.0 Å². The molecule has 0 fully saturated rings. The number of hydrogen-bond donors (Lipinski definition) is 2. The molecule has 0 spiro atoms. The van der Waals surface area contributed by atoms with Gasteiger partial charge in [0.2, 0.25) is 0 Å². The number of aromatic nitrogens is 2. The zero-order valence-electron chi connectivity index (χ0n) is 13.3. The summed E-state index contributed by atoms with van der Waals surface area (Å²) in [6, 6.07) is 0.0240. The zero-order valence-corrected chi connectivity index (χ0v) is 14.1. The van der Waals surface area contributed by atoms with Gasteiger partial charge in [-0.05, 0) is 46.1 Å². The molecule has 0 radical (unpaired) electrons. The monoisotopic (exact) mass is 298 g/mol. The Bertz CT molecular complexity index is 458. The third-order valence-electron chi connectivity index (χ3n) is 3.48. The van der Waals surface area contributed by atoms with Gasteiger partial charge in [0.1, 0.15) is 0 Å². The number of nitrogens with zero attached hydrogens (tertiary/aromatic N) is 2. The van der Waals surface area contributed by atoms with E-state index in [9.17, 15) is 4.79 Å². The second-order valence-electron chi connectivity index (χ2n) is 5.23. The molecular formula is C14H26N4OS. The maximum Gasteiger partial charge on any atom is 0.315 e. The lowest BCUT2D eigenvalue weighted by molar-refractivity contribution is 0.234. The summed E-state index contributed by atoms with van der Waals surface area (Å²) in [5, 5.41) is 10.3. The van der Waals surface area contributed by atoms with Crippen molar-refractivity contribution >= 4 is 17.8 Å². The van der Waals surface area contributed by atoms with Gasteiger partial charge in [-0.15, -0.1) is 0 Å². The number of thioether (sulfide) groups is 1. The highest BCUT2D eigenvalue weighted by Crippen LogP contribution is 2.20. The molecule has 0 aliphatic carbocycles. The van der Waals surface area contributed by atoms with Gasteiger partial charge in [-0.2, -0.15) is 16.9 Å². The Morgan fingerprint density at radius 2 is 2.00 bits per heavy atom. The minimum atomic E-state index is -0.117. The van der Waals surface area contributed by atoms with Crippen molar-refractivity contribution in [3.8, 4) is 0 Å². The van der Waals surface area contributed by atoms with Crippen molar-refractivity contribution in [2.24, 2.45) is 7.05 Å². The molecule has 0 aromatic carbocycles. The number of hydrogen-bond acceptors (Lipinski definition) is 3. The molecule has 6 heteroatoms. The maximum atomic E-state index is 12.0. The van der Waals surface area contributed by atoms with E-state index in [1.165, 1.54) is 0 Å². The summed E-state index contributed by atoms with van der Waals surface area (Å²) in [6.45, 7) is 8.01. The maximum absolute atomic E-state index is 12.0. The number of carbonyl (C=O) groups excluding carboxylic acids is 1. The van der Waals surface area contributed by atoms with Crippen LogP contribution in [0.3, 0.4) is 0 Å². The van der Waals surface area contributed by atoms with E-state index < -0.39 is 0 Å². The van der Waals surface area contributed by atoms with Crippen LogP contribution in [0.2, 0.25) is 0 Å². The third-order valence-corrected chi connectivity index (χ3v) is 4.12. The van der Waals surface area contributed by atoms with E-state index >= 15 is 0 Å². The summed E-state index contributed by atoms with van der Waals surface area (Å²) in [5.41, 5.74) is 3.15. The van der Waals surface area contributed by atoms with Crippen LogP contribution >= 0.6 is 11.8 Å². The number of rotatable bonds is 6. The fraction of sp³-hybridized carbons (Fsp3) is 0.714. The molecule has 0 aliphatic rings. The molecule has 0 aliphatic heterocycles. The molecular weight excluding hydrogens is 272 g/mol. The largest absolute Gasteiger partial charge is 0.336 e. The highest BCUT2D eigenvalue weighted by Gasteiger charge is 2.18. The van der Waals surface area contributed by atoms with Crippen molar-refractivity contribution in [3.05, 3.63) is 17.0 Å². The first-order chi connectivity index (χ1) is 9.36. The van der Waals surface area contributed by atoms with Crippen LogP contribution < -0.4 is 10.6 Å². The molecule has 2 N–H and O–H groups in total. The summed E-state index contributed by atoms with van der Waals surface area (Å²) in [5.74, 6) is 1.05. The SMILES string of the molecule is CSCC[C@H](C)NC(=O)N[C@@H](C)c1c(C)nn(C)c1C. The van der Waals surface area contributed by atoms with Crippen LogP contribution in [0.5, 0.6) is 0 Å². The number of carbonyl (C=O) groups is 1. The van der Waals surface area contributed by atoms with Crippen LogP contribution in [0.4, 0.5) is 4.79 Å². The Hall–Kier alpha value is -1.17. The number of amides is 2. The molecule has 5 nitrogen and oxygen atoms in total. The average Bonchev–Trinajstić information content (AvgIpc) is 2.60. The normalized spacial score (nSPS) is 13.9. The second kappa shape index (κ2) is 7.57. The van der Waals surface area contributed by atoms with Gasteiger partial charge in [0.25, 0.3) is 0 Å². The highest BCUT2D eigenvalue weighted by molar-refractivity contribution is 7.98. The van der Waals surface area contributed by atoms with Crippen LogP contribution in [-0.4, -0.2) is 33.9 Å². The summed E-state index contributed by atoms with van der Waals surface area (Å²) in [7, 11) is 1.92. The van der Waals surface area contributed by atoms with E-state index in [2.05, 4.69) is 22.0 Å². The van der Waals surface area contributed by atoms with Crippen LogP contribution in [-0.2, 0) is 7.05 Å². The van der Waals surface area contributed by atoms with Gasteiger partial charge >= 0.3 is 6.03 Å². The lowest BCUT2D eigenvalue weighted by Gasteiger charge is -2.18. The smallest absolute Gasteiger partial charge is 0.315 e. The summed E-state index contributed by atoms with van der Waals surface area (Å²) in [4.78, 5) is 12.0. The highest BCUT2D eigenvalue weighted by atomic mass is 32.2. The molecule has 1 aromatic rings. The van der Waals surface area contributed by atoms with E-state index in [0.717, 1.165) is 29.1 Å². The van der Waals surface area contributed by atoms with Gasteiger partial charge in [-0.3, -0.25) is 4.68 Å². The first kappa shape index (κ1) is 16.9. The zero-order chi connectivity index (χ0) is 15.3. The first-order valence-corrected chi connectivity index (χ1v) is 8.32. The predicted molar refractivity (Wildman–Crippen MR) is 85.2 cm³/mol. The third kappa shape index (κ3) is 4.44. The average molecular weight is 298 g/mol. The fourth-order valence-electron chi connectivity index (χ4n) is 2.32. The fourth-order valence-corrected chi connectivity index (χ4v) is 2.91. The Labute approximate surface area is 125 Å². The lowest BCUT2D eigenvalue weighted by Crippen LogP contribution is -2.42. The number of nitrogens with one attached hydrogen (secondary N) is 2. The molecule has 2 amide bonds. The first-order valence-electron chi connectivity index (χ1n) is 6.92. The summed E-state index contributed by atoms with van der Waals surface area (Å²) < 4.78 is 1.85. The Morgan fingerprint density at radius 1 is 1.35 bits per heavy atom. The van der Waals surface area contributed by atoms with Crippen molar-refractivity contribution < 1.29 is 4.79 Å². The molecule has 20 heavy (non-hydrogen) atoms. The quantitative estimate of drug-likeness (QED) is 0.848. The van der Waals surface area contributed by atoms with E-state index in [-0.39, 0.29) is 18.1 Å². The Balaban J connectivity index is 2.57. The van der Waals surface area contributed by atoms with E-state index in [0.29, 0.717) is 0 Å². The van der Waals surface area contributed by atoms with E-state index in [1.807, 2.05) is 39.4 Å². The van der Waals surface area contributed by atoms with Crippen molar-refractivity contribution in [2.75, 3.05) is 12.0 Å². The number of urea groups is 1. The minimum absolute atomic E-state index is 0.0450. The van der Waals surface area contributed by atoms with Gasteiger partial charge in [0.15, 0.2) is 0 Å². The van der Waals surface area contributed by atoms with Crippen LogP contribution in [0.1, 0.15) is 43.3 Å². The summed E-state index contributed by atoms with van der Waals surface area (Å²) >= 11 is 1.79. The van der Waals surface area contributed by atoms with Gasteiger partial charge in [-0.25, -0.2) is 4.79 Å². The molecule has 0 saturated heterocycles. The second-order valence-corrected chi connectivity index (χ2v) is 6.22. The van der Waals surface area contributed by atoms with Crippen molar-refractivity contribution in [1.82, 2.24) is 20.4 Å². The van der Waals surface area contributed by atoms with E-state index in [1.54, 1.807) is 11.8 Å². The van der Waals surface area contributed by atoms with E-state index in [4.69, 9.17) is 0 Å². The molecule has 0 unspecified atom stereocenters.